The molecule has 8 heterocycles. The highest BCUT2D eigenvalue weighted by Gasteiger charge is 2.54. The van der Waals surface area contributed by atoms with E-state index in [0.29, 0.717) is 57.4 Å². The molecule has 1 unspecified atom stereocenters. The van der Waals surface area contributed by atoms with Gasteiger partial charge in [0.05, 0.1) is 41.9 Å². The standard InChI is InChI=1S/C65H88N10O7/c1-8-74-54-24-23-45-31-48(54)50(59(74)49-32-47(34-66-55(49)40(3)81-7)72-28-27-71-25-12-11-19-46(71)36-72)33-65(4,5)38-82-64(80)52-20-14-26-75(69-52)62(78)53(30-41-15-13-18-44(45)29-41)67-60(76)58(43-16-9-10-17-43)70(6)61(77)51-37-73(35-39(51)2)63(79)57-56(68-57)42-21-22-42/h13,15,18,23-24,29,31-32,34,39-40,42-43,46,51-53,56-58,68-69H,8-12,14,16-17,19-22,25-28,30,33,35-38H2,1-7H3,(H,67,76)/t39-,40+,46-,51+,52+,53+,56-,57-,58?/m1/s1. The molecule has 0 spiro atoms. The fraction of sp³-hybridized carbons (Fsp3) is 0.631. The van der Waals surface area contributed by atoms with Gasteiger partial charge in [0.15, 0.2) is 0 Å². The maximum absolute atomic E-state index is 15.2. The maximum Gasteiger partial charge on any atom is 0.324 e. The fourth-order valence-electron chi connectivity index (χ4n) is 15.1. The molecule has 2 aromatic heterocycles. The molecule has 6 bridgehead atoms. The molecule has 7 fully saturated rings. The predicted molar refractivity (Wildman–Crippen MR) is 316 cm³/mol. The summed E-state index contributed by atoms with van der Waals surface area (Å²) in [4.78, 5) is 87.0. The van der Waals surface area contributed by atoms with E-state index in [4.69, 9.17) is 14.5 Å². The van der Waals surface area contributed by atoms with Gasteiger partial charge in [-0.15, -0.1) is 0 Å². The van der Waals surface area contributed by atoms with Crippen molar-refractivity contribution in [3.05, 3.63) is 71.5 Å². The number of cyclic esters (lactones) is 1. The third-order valence-electron chi connectivity index (χ3n) is 20.0. The molecule has 6 aliphatic heterocycles. The first-order chi connectivity index (χ1) is 39.6. The molecule has 0 radical (unpaired) electrons. The lowest BCUT2D eigenvalue weighted by molar-refractivity contribution is -0.155. The van der Waals surface area contributed by atoms with E-state index in [0.717, 1.165) is 114 Å². The number of piperazine rings is 1. The quantitative estimate of drug-likeness (QED) is 0.0954. The lowest BCUT2D eigenvalue weighted by Crippen LogP contribution is -2.62. The Morgan fingerprint density at radius 3 is 2.49 bits per heavy atom. The van der Waals surface area contributed by atoms with Gasteiger partial charge in [-0.2, -0.15) is 0 Å². The number of hydrazine groups is 1. The molecule has 82 heavy (non-hydrogen) atoms. The Morgan fingerprint density at radius 1 is 0.915 bits per heavy atom. The number of nitrogens with zero attached hydrogens (tertiary/aromatic N) is 7. The summed E-state index contributed by atoms with van der Waals surface area (Å²) in [7, 11) is 3.48. The number of aromatic nitrogens is 2. The average molecular weight is 1120 g/mol. The first-order valence-electron chi connectivity index (χ1n) is 31.2. The van der Waals surface area contributed by atoms with Gasteiger partial charge in [-0.25, -0.2) is 5.43 Å². The predicted octanol–water partition coefficient (Wildman–Crippen LogP) is 7.28. The van der Waals surface area contributed by atoms with E-state index in [9.17, 15) is 14.4 Å². The van der Waals surface area contributed by atoms with Gasteiger partial charge in [0, 0.05) is 100 Å². The number of rotatable bonds is 12. The number of piperidine rings is 1. The molecule has 2 aliphatic carbocycles. The van der Waals surface area contributed by atoms with Crippen LogP contribution in [0.25, 0.3) is 33.3 Å². The van der Waals surface area contributed by atoms with Crippen LogP contribution in [0.5, 0.6) is 0 Å². The summed E-state index contributed by atoms with van der Waals surface area (Å²) in [5.41, 5.74) is 11.9. The fourth-order valence-corrected chi connectivity index (χ4v) is 15.1. The van der Waals surface area contributed by atoms with E-state index in [1.165, 1.54) is 30.8 Å². The highest BCUT2D eigenvalue weighted by Crippen LogP contribution is 2.45. The highest BCUT2D eigenvalue weighted by atomic mass is 16.5. The van der Waals surface area contributed by atoms with Crippen LogP contribution in [0.2, 0.25) is 0 Å². The third-order valence-corrected chi connectivity index (χ3v) is 20.0. The molecule has 2 aromatic carbocycles. The second kappa shape index (κ2) is 23.3. The van der Waals surface area contributed by atoms with Crippen LogP contribution in [-0.4, -0.2) is 162 Å². The van der Waals surface area contributed by atoms with E-state index < -0.39 is 35.4 Å². The smallest absolute Gasteiger partial charge is 0.324 e. The Hall–Kier alpha value is -5.88. The van der Waals surface area contributed by atoms with E-state index in [1.807, 2.05) is 30.2 Å². The van der Waals surface area contributed by atoms with Crippen molar-refractivity contribution in [2.45, 2.75) is 167 Å². The minimum absolute atomic E-state index is 0.0729. The summed E-state index contributed by atoms with van der Waals surface area (Å²) in [6, 6.07) is 15.3. The van der Waals surface area contributed by atoms with E-state index in [2.05, 4.69) is 94.5 Å². The Morgan fingerprint density at radius 2 is 1.71 bits per heavy atom. The van der Waals surface area contributed by atoms with Gasteiger partial charge < -0.3 is 34.1 Å². The number of hydrogen-bond acceptors (Lipinski definition) is 12. The minimum atomic E-state index is -1.03. The molecule has 12 rings (SSSR count). The Labute approximate surface area is 484 Å². The van der Waals surface area contributed by atoms with Crippen molar-refractivity contribution in [3.8, 4) is 22.4 Å². The number of benzene rings is 2. The summed E-state index contributed by atoms with van der Waals surface area (Å²) >= 11 is 0. The number of aryl methyl sites for hydroxylation is 1. The van der Waals surface area contributed by atoms with Crippen LogP contribution in [-0.2, 0) is 52.8 Å². The van der Waals surface area contributed by atoms with E-state index >= 15 is 9.59 Å². The molecule has 2 saturated carbocycles. The number of anilines is 1. The molecule has 8 aliphatic rings. The number of methoxy groups -OCH3 is 1. The normalized spacial score (nSPS) is 27.8. The van der Waals surface area contributed by atoms with Crippen LogP contribution < -0.4 is 21.0 Å². The Balaban J connectivity index is 0.886. The van der Waals surface area contributed by atoms with Crippen LogP contribution in [0.4, 0.5) is 5.69 Å². The number of nitrogens with one attached hydrogen (secondary N) is 3. The highest BCUT2D eigenvalue weighted by molar-refractivity contribution is 5.97. The summed E-state index contributed by atoms with van der Waals surface area (Å²) in [6.07, 6.45) is 13.1. The summed E-state index contributed by atoms with van der Waals surface area (Å²) < 4.78 is 14.8. The van der Waals surface area contributed by atoms with Crippen molar-refractivity contribution in [2.75, 3.05) is 71.5 Å². The van der Waals surface area contributed by atoms with E-state index in [1.54, 1.807) is 19.1 Å². The number of carbonyl (C=O) groups is 5. The lowest BCUT2D eigenvalue weighted by atomic mass is 9.84. The zero-order valence-corrected chi connectivity index (χ0v) is 49.6. The number of esters is 1. The van der Waals surface area contributed by atoms with Gasteiger partial charge in [-0.3, -0.25) is 44.2 Å². The van der Waals surface area contributed by atoms with Crippen LogP contribution in [0, 0.1) is 29.1 Å². The van der Waals surface area contributed by atoms with Crippen molar-refractivity contribution in [2.24, 2.45) is 29.1 Å². The number of ether oxygens (including phenoxy) is 2. The molecular weight excluding hydrogens is 1030 g/mol. The molecule has 9 atom stereocenters. The lowest BCUT2D eigenvalue weighted by Gasteiger charge is -2.45. The number of fused-ring (bicyclic) bond motifs is 7. The van der Waals surface area contributed by atoms with Crippen LogP contribution >= 0.6 is 0 Å². The summed E-state index contributed by atoms with van der Waals surface area (Å²) in [5.74, 6) is -1.26. The molecule has 17 nitrogen and oxygen atoms in total. The first-order valence-corrected chi connectivity index (χ1v) is 31.2. The van der Waals surface area contributed by atoms with Gasteiger partial charge in [0.1, 0.15) is 24.2 Å². The molecular formula is C65H88N10O7. The first kappa shape index (κ1) is 56.6. The second-order valence-electron chi connectivity index (χ2n) is 26.4. The Kier molecular flexibility index (Phi) is 16.1. The average Bonchev–Trinajstić information content (AvgIpc) is 2.82. The number of pyridine rings is 1. The van der Waals surface area contributed by atoms with Crippen LogP contribution in [0.1, 0.15) is 128 Å². The van der Waals surface area contributed by atoms with Gasteiger partial charge >= 0.3 is 5.97 Å². The zero-order chi connectivity index (χ0) is 57.1. The largest absolute Gasteiger partial charge is 0.464 e. The van der Waals surface area contributed by atoms with Crippen LogP contribution in [0.15, 0.2) is 54.7 Å². The molecule has 4 aromatic rings. The van der Waals surface area contributed by atoms with Crippen molar-refractivity contribution in [3.63, 3.8) is 0 Å². The maximum atomic E-state index is 15.2. The SMILES string of the molecule is CCn1c(-c2cc(N3CCN4CCCC[C@@H]4C3)cnc2[C@H](C)OC)c2c3cc(ccc31)-c1cccc(c1)C[C@H](NC(=O)C(C1CCCC1)N(C)C(=O)[C@H]1CN(C(=O)[C@@H]3N[C@@H]3C3CC3)C[C@H]1C)C(=O)N1CCC[C@H](N1)C(=O)OCC(C)(C)C2. The van der Waals surface area contributed by atoms with Gasteiger partial charge in [0.25, 0.3) is 5.91 Å². The minimum Gasteiger partial charge on any atom is -0.464 e. The molecule has 5 saturated heterocycles. The number of amides is 4. The van der Waals surface area contributed by atoms with Crippen molar-refractivity contribution in [1.29, 1.82) is 0 Å². The zero-order valence-electron chi connectivity index (χ0n) is 49.6. The topological polar surface area (TPSA) is 184 Å². The van der Waals surface area contributed by atoms with E-state index in [-0.39, 0.29) is 66.7 Å². The van der Waals surface area contributed by atoms with Crippen molar-refractivity contribution < 1.29 is 33.4 Å². The van der Waals surface area contributed by atoms with Crippen molar-refractivity contribution >= 4 is 46.2 Å². The molecule has 4 amide bonds. The number of likely N-dealkylation sites (N-methyl/N-ethyl adjacent to an activating group) is 1. The van der Waals surface area contributed by atoms with Crippen LogP contribution in [0.3, 0.4) is 0 Å². The number of carbonyl (C=O) groups excluding carboxylic acids is 5. The summed E-state index contributed by atoms with van der Waals surface area (Å²) in [5, 5.41) is 9.23. The molecule has 17 heteroatoms. The third kappa shape index (κ3) is 11.3. The van der Waals surface area contributed by atoms with Crippen molar-refractivity contribution in [1.82, 2.24) is 45.3 Å². The Bertz CT molecular complexity index is 3080. The number of likely N-dealkylation sites (tertiary alicyclic amines) is 1. The second-order valence-corrected chi connectivity index (χ2v) is 26.4. The van der Waals surface area contributed by atoms with Gasteiger partial charge in [-0.1, -0.05) is 70.4 Å². The molecule has 440 valence electrons. The number of hydrogen-bond donors (Lipinski definition) is 3. The van der Waals surface area contributed by atoms with Gasteiger partial charge in [0.2, 0.25) is 17.7 Å². The summed E-state index contributed by atoms with van der Waals surface area (Å²) in [6.45, 7) is 16.8. The van der Waals surface area contributed by atoms with Gasteiger partial charge in [-0.05, 0) is 136 Å². The monoisotopic (exact) mass is 1120 g/mol. The molecule has 3 N–H and O–H groups in total.